The molecule has 1 atom stereocenters. The predicted octanol–water partition coefficient (Wildman–Crippen LogP) is 2.04. The van der Waals surface area contributed by atoms with Crippen LogP contribution in [-0.4, -0.2) is 29.8 Å². The Hall–Kier alpha value is -2.65. The molecule has 10 heteroatoms. The van der Waals surface area contributed by atoms with Crippen molar-refractivity contribution in [1.29, 1.82) is 0 Å². The van der Waals surface area contributed by atoms with Gasteiger partial charge in [0.05, 0.1) is 6.04 Å². The second kappa shape index (κ2) is 4.72. The highest BCUT2D eigenvalue weighted by molar-refractivity contribution is 5.44. The highest BCUT2D eigenvalue weighted by atomic mass is 19.4. The molecule has 0 saturated heterocycles. The summed E-state index contributed by atoms with van der Waals surface area (Å²) in [5.74, 6) is -0.250. The normalized spacial score (nSPS) is 13.5. The van der Waals surface area contributed by atoms with Crippen LogP contribution in [0.3, 0.4) is 0 Å². The van der Waals surface area contributed by atoms with Crippen molar-refractivity contribution in [3.63, 3.8) is 0 Å². The van der Waals surface area contributed by atoms with E-state index >= 15 is 0 Å². The Labute approximate surface area is 116 Å². The van der Waals surface area contributed by atoms with Gasteiger partial charge in [0.15, 0.2) is 5.65 Å². The van der Waals surface area contributed by atoms with Gasteiger partial charge in [-0.25, -0.2) is 4.98 Å². The van der Waals surface area contributed by atoms with Crippen molar-refractivity contribution in [2.75, 3.05) is 5.32 Å². The monoisotopic (exact) mass is 297 g/mol. The zero-order valence-electron chi connectivity index (χ0n) is 10.8. The fourth-order valence-corrected chi connectivity index (χ4v) is 1.85. The number of aromatic amines is 1. The zero-order valence-corrected chi connectivity index (χ0v) is 10.8. The molecule has 0 saturated carbocycles. The molecule has 0 fully saturated rings. The minimum atomic E-state index is -4.61. The molecule has 0 aliphatic rings. The van der Waals surface area contributed by atoms with Crippen LogP contribution in [0.2, 0.25) is 0 Å². The van der Waals surface area contributed by atoms with Gasteiger partial charge in [0.1, 0.15) is 11.6 Å². The first-order valence-corrected chi connectivity index (χ1v) is 6.00. The van der Waals surface area contributed by atoms with Crippen LogP contribution >= 0.6 is 0 Å². The molecule has 0 aliphatic carbocycles. The standard InChI is InChI=1S/C11H10F3N7/c1-6(9-15-4-5-16-9)17-7-2-3-8-18-19-10(11(12,13)14)21(8)20-7/h2-6H,1H3,(H,15,16)(H,17,20). The average Bonchev–Trinajstić information content (AvgIpc) is 3.06. The topological polar surface area (TPSA) is 83.8 Å². The number of nitrogens with one attached hydrogen (secondary N) is 2. The first-order chi connectivity index (χ1) is 9.95. The molecule has 110 valence electrons. The van der Waals surface area contributed by atoms with E-state index in [9.17, 15) is 13.2 Å². The lowest BCUT2D eigenvalue weighted by Gasteiger charge is -2.12. The van der Waals surface area contributed by atoms with Crippen molar-refractivity contribution in [1.82, 2.24) is 29.8 Å². The molecule has 3 heterocycles. The maximum atomic E-state index is 12.8. The van der Waals surface area contributed by atoms with Gasteiger partial charge >= 0.3 is 6.18 Å². The highest BCUT2D eigenvalue weighted by Gasteiger charge is 2.37. The van der Waals surface area contributed by atoms with Crippen LogP contribution in [0.5, 0.6) is 0 Å². The second-order valence-corrected chi connectivity index (χ2v) is 4.35. The summed E-state index contributed by atoms with van der Waals surface area (Å²) in [6.07, 6.45) is -1.37. The summed E-state index contributed by atoms with van der Waals surface area (Å²) in [5, 5.41) is 13.4. The smallest absolute Gasteiger partial charge is 0.359 e. The summed E-state index contributed by atoms with van der Waals surface area (Å²) in [6, 6.07) is 2.70. The lowest BCUT2D eigenvalue weighted by atomic mass is 10.3. The molecule has 0 spiro atoms. The van der Waals surface area contributed by atoms with Crippen molar-refractivity contribution in [2.45, 2.75) is 19.1 Å². The summed E-state index contributed by atoms with van der Waals surface area (Å²) in [6.45, 7) is 1.81. The van der Waals surface area contributed by atoms with E-state index in [1.165, 1.54) is 12.1 Å². The summed E-state index contributed by atoms with van der Waals surface area (Å²) < 4.78 is 39.0. The maximum Gasteiger partial charge on any atom is 0.453 e. The molecule has 0 aliphatic heterocycles. The second-order valence-electron chi connectivity index (χ2n) is 4.35. The number of alkyl halides is 3. The highest BCUT2D eigenvalue weighted by Crippen LogP contribution is 2.27. The largest absolute Gasteiger partial charge is 0.453 e. The Morgan fingerprint density at radius 1 is 1.29 bits per heavy atom. The third-order valence-electron chi connectivity index (χ3n) is 2.81. The predicted molar refractivity (Wildman–Crippen MR) is 66.4 cm³/mol. The van der Waals surface area contributed by atoms with Crippen molar-refractivity contribution < 1.29 is 13.2 Å². The number of rotatable bonds is 3. The number of imidazole rings is 1. The van der Waals surface area contributed by atoms with Gasteiger partial charge in [-0.2, -0.15) is 17.7 Å². The summed E-state index contributed by atoms with van der Waals surface area (Å²) >= 11 is 0. The maximum absolute atomic E-state index is 12.8. The molecule has 3 aromatic heterocycles. The Kier molecular flexibility index (Phi) is 3.00. The number of hydrogen-bond acceptors (Lipinski definition) is 5. The van der Waals surface area contributed by atoms with Crippen molar-refractivity contribution in [3.05, 3.63) is 36.2 Å². The molecule has 7 nitrogen and oxygen atoms in total. The lowest BCUT2D eigenvalue weighted by Crippen LogP contribution is -2.15. The molecule has 3 rings (SSSR count). The summed E-state index contributed by atoms with van der Waals surface area (Å²) in [4.78, 5) is 6.98. The van der Waals surface area contributed by atoms with Crippen LogP contribution in [-0.2, 0) is 6.18 Å². The van der Waals surface area contributed by atoms with Gasteiger partial charge in [-0.1, -0.05) is 0 Å². The number of H-pyrrole nitrogens is 1. The van der Waals surface area contributed by atoms with E-state index in [1.807, 2.05) is 6.92 Å². The lowest BCUT2D eigenvalue weighted by molar-refractivity contribution is -0.146. The van der Waals surface area contributed by atoms with Crippen LogP contribution in [0.15, 0.2) is 24.5 Å². The Bertz CT molecular complexity index is 747. The van der Waals surface area contributed by atoms with E-state index in [-0.39, 0.29) is 17.5 Å². The fourth-order valence-electron chi connectivity index (χ4n) is 1.85. The molecule has 0 radical (unpaired) electrons. The quantitative estimate of drug-likeness (QED) is 0.773. The third kappa shape index (κ3) is 2.51. The SMILES string of the molecule is CC(Nc1ccc2nnc(C(F)(F)F)n2n1)c1ncc[nH]1. The molecule has 3 aromatic rings. The minimum Gasteiger partial charge on any atom is -0.359 e. The van der Waals surface area contributed by atoms with E-state index < -0.39 is 12.0 Å². The van der Waals surface area contributed by atoms with Gasteiger partial charge in [-0.15, -0.1) is 15.3 Å². The summed E-state index contributed by atoms with van der Waals surface area (Å²) in [5.41, 5.74) is 0.0264. The molecular formula is C11H10F3N7. The Morgan fingerprint density at radius 2 is 2.10 bits per heavy atom. The molecule has 0 amide bonds. The Balaban J connectivity index is 1.93. The number of fused-ring (bicyclic) bond motifs is 1. The van der Waals surface area contributed by atoms with Gasteiger partial charge in [0.25, 0.3) is 5.82 Å². The zero-order chi connectivity index (χ0) is 15.0. The number of halogens is 3. The van der Waals surface area contributed by atoms with Gasteiger partial charge in [-0.3, -0.25) is 0 Å². The number of anilines is 1. The van der Waals surface area contributed by atoms with E-state index in [2.05, 4.69) is 30.6 Å². The van der Waals surface area contributed by atoms with Crippen LogP contribution in [0.4, 0.5) is 19.0 Å². The minimum absolute atomic E-state index is 0.0264. The molecule has 21 heavy (non-hydrogen) atoms. The van der Waals surface area contributed by atoms with Crippen molar-refractivity contribution in [3.8, 4) is 0 Å². The van der Waals surface area contributed by atoms with E-state index in [0.29, 0.717) is 10.3 Å². The molecule has 0 aromatic carbocycles. The molecule has 0 bridgehead atoms. The number of nitrogens with zero attached hydrogens (tertiary/aromatic N) is 5. The van der Waals surface area contributed by atoms with Crippen molar-refractivity contribution in [2.24, 2.45) is 0 Å². The van der Waals surface area contributed by atoms with Gasteiger partial charge in [0, 0.05) is 12.4 Å². The third-order valence-corrected chi connectivity index (χ3v) is 2.81. The molecular weight excluding hydrogens is 287 g/mol. The van der Waals surface area contributed by atoms with Crippen LogP contribution < -0.4 is 5.32 Å². The van der Waals surface area contributed by atoms with Gasteiger partial charge < -0.3 is 10.3 Å². The van der Waals surface area contributed by atoms with Gasteiger partial charge in [0.2, 0.25) is 0 Å². The Morgan fingerprint density at radius 3 is 2.76 bits per heavy atom. The van der Waals surface area contributed by atoms with E-state index in [4.69, 9.17) is 0 Å². The van der Waals surface area contributed by atoms with Crippen LogP contribution in [0.1, 0.15) is 24.6 Å². The molecule has 2 N–H and O–H groups in total. The summed E-state index contributed by atoms with van der Waals surface area (Å²) in [7, 11) is 0. The van der Waals surface area contributed by atoms with Gasteiger partial charge in [-0.05, 0) is 19.1 Å². The van der Waals surface area contributed by atoms with Crippen LogP contribution in [0.25, 0.3) is 5.65 Å². The number of aromatic nitrogens is 6. The van der Waals surface area contributed by atoms with E-state index in [1.54, 1.807) is 12.4 Å². The first-order valence-electron chi connectivity index (χ1n) is 6.00. The van der Waals surface area contributed by atoms with E-state index in [0.717, 1.165) is 0 Å². The fraction of sp³-hybridized carbons (Fsp3) is 0.273. The number of hydrogen-bond donors (Lipinski definition) is 2. The average molecular weight is 297 g/mol. The molecule has 1 unspecified atom stereocenters. The van der Waals surface area contributed by atoms with Crippen LogP contribution in [0, 0.1) is 0 Å². The van der Waals surface area contributed by atoms with Crippen molar-refractivity contribution >= 4 is 11.5 Å². The first kappa shape index (κ1) is 13.3.